The van der Waals surface area contributed by atoms with Gasteiger partial charge in [-0.15, -0.1) is 0 Å². The highest BCUT2D eigenvalue weighted by Crippen LogP contribution is 2.27. The summed E-state index contributed by atoms with van der Waals surface area (Å²) < 4.78 is 31.6. The molecule has 0 saturated carbocycles. The molecular formula is C28H23F2N3O3S. The molecule has 3 aromatic carbocycles. The second kappa shape index (κ2) is 12.1. The maximum Gasteiger partial charge on any atom is 0.331 e. The number of hydrogen-bond donors (Lipinski definition) is 1. The molecule has 4 aromatic rings. The Balaban J connectivity index is 1.41. The van der Waals surface area contributed by atoms with Gasteiger partial charge in [0.25, 0.3) is 11.7 Å². The van der Waals surface area contributed by atoms with Crippen LogP contribution < -0.4 is 5.32 Å². The van der Waals surface area contributed by atoms with Crippen LogP contribution in [0, 0.1) is 6.92 Å². The molecule has 0 aliphatic rings. The number of aromatic nitrogens is 2. The number of nitrogens with one attached hydrogen (secondary N) is 1. The van der Waals surface area contributed by atoms with Crippen LogP contribution in [0.3, 0.4) is 0 Å². The number of amides is 1. The summed E-state index contributed by atoms with van der Waals surface area (Å²) in [5.74, 6) is -3.76. The van der Waals surface area contributed by atoms with Crippen molar-refractivity contribution in [2.45, 2.75) is 17.6 Å². The zero-order valence-electron chi connectivity index (χ0n) is 19.8. The fraction of sp³-hybridized carbons (Fsp3) is 0.107. The van der Waals surface area contributed by atoms with Crippen LogP contribution in [0.15, 0.2) is 96.0 Å². The SMILES string of the molecule is Cc1ccc(-c2nn(-c3ccccc3)cc2/C=C/C(=O)OCC(=O)Nc2ccc(SC(F)F)cc2)cc1. The Bertz CT molecular complexity index is 1390. The van der Waals surface area contributed by atoms with Gasteiger partial charge in [0, 0.05) is 34.0 Å². The number of para-hydroxylation sites is 1. The zero-order chi connectivity index (χ0) is 26.2. The van der Waals surface area contributed by atoms with E-state index in [2.05, 4.69) is 5.32 Å². The Morgan fingerprint density at radius 3 is 2.41 bits per heavy atom. The third-order valence-corrected chi connectivity index (χ3v) is 5.92. The van der Waals surface area contributed by atoms with Crippen LogP contribution in [-0.2, 0) is 14.3 Å². The van der Waals surface area contributed by atoms with Gasteiger partial charge in [0.05, 0.1) is 11.4 Å². The van der Waals surface area contributed by atoms with Gasteiger partial charge in [0.15, 0.2) is 6.61 Å². The van der Waals surface area contributed by atoms with Crippen LogP contribution in [0.5, 0.6) is 0 Å². The fourth-order valence-corrected chi connectivity index (χ4v) is 3.92. The second-order valence-corrected chi connectivity index (χ2v) is 9.03. The van der Waals surface area contributed by atoms with Gasteiger partial charge >= 0.3 is 5.97 Å². The minimum atomic E-state index is -2.52. The molecule has 0 spiro atoms. The molecule has 4 rings (SSSR count). The zero-order valence-corrected chi connectivity index (χ0v) is 20.6. The quantitative estimate of drug-likeness (QED) is 0.158. The minimum Gasteiger partial charge on any atom is -0.452 e. The van der Waals surface area contributed by atoms with Gasteiger partial charge in [-0.1, -0.05) is 59.8 Å². The van der Waals surface area contributed by atoms with Crippen molar-refractivity contribution in [3.8, 4) is 16.9 Å². The van der Waals surface area contributed by atoms with Crippen molar-refractivity contribution in [2.75, 3.05) is 11.9 Å². The predicted molar refractivity (Wildman–Crippen MR) is 141 cm³/mol. The molecule has 0 unspecified atom stereocenters. The minimum absolute atomic E-state index is 0.380. The molecule has 0 saturated heterocycles. The number of ether oxygens (including phenoxy) is 1. The number of aryl methyl sites for hydroxylation is 1. The number of carbonyl (C=O) groups is 2. The third kappa shape index (κ3) is 7.37. The van der Waals surface area contributed by atoms with E-state index in [-0.39, 0.29) is 0 Å². The lowest BCUT2D eigenvalue weighted by Gasteiger charge is -2.06. The van der Waals surface area contributed by atoms with E-state index in [9.17, 15) is 18.4 Å². The lowest BCUT2D eigenvalue weighted by molar-refractivity contribution is -0.142. The maximum absolute atomic E-state index is 12.4. The molecule has 0 bridgehead atoms. The molecule has 0 aliphatic carbocycles. The van der Waals surface area contributed by atoms with E-state index < -0.39 is 24.2 Å². The number of carbonyl (C=O) groups excluding carboxylic acids is 2. The topological polar surface area (TPSA) is 73.2 Å². The monoisotopic (exact) mass is 519 g/mol. The van der Waals surface area contributed by atoms with Gasteiger partial charge in [-0.25, -0.2) is 9.48 Å². The lowest BCUT2D eigenvalue weighted by atomic mass is 10.1. The van der Waals surface area contributed by atoms with Crippen LogP contribution in [-0.4, -0.2) is 34.0 Å². The van der Waals surface area contributed by atoms with E-state index in [1.54, 1.807) is 10.8 Å². The first-order chi connectivity index (χ1) is 17.9. The summed E-state index contributed by atoms with van der Waals surface area (Å²) in [5, 5.41) is 7.27. The van der Waals surface area contributed by atoms with E-state index in [0.717, 1.165) is 16.8 Å². The Kier molecular flexibility index (Phi) is 8.48. The molecule has 37 heavy (non-hydrogen) atoms. The Morgan fingerprint density at radius 2 is 1.73 bits per heavy atom. The number of nitrogens with zero attached hydrogens (tertiary/aromatic N) is 2. The second-order valence-electron chi connectivity index (χ2n) is 7.97. The fourth-order valence-electron chi connectivity index (χ4n) is 3.42. The summed E-state index contributed by atoms with van der Waals surface area (Å²) in [5.41, 5.74) is 4.69. The van der Waals surface area contributed by atoms with Crippen molar-refractivity contribution in [2.24, 2.45) is 0 Å². The highest BCUT2D eigenvalue weighted by atomic mass is 32.2. The number of esters is 1. The first-order valence-electron chi connectivity index (χ1n) is 11.3. The number of thioether (sulfide) groups is 1. The molecule has 0 aliphatic heterocycles. The van der Waals surface area contributed by atoms with Crippen LogP contribution in [0.2, 0.25) is 0 Å². The van der Waals surface area contributed by atoms with Gasteiger partial charge in [0.2, 0.25) is 0 Å². The van der Waals surface area contributed by atoms with E-state index in [1.807, 2.05) is 67.7 Å². The number of anilines is 1. The highest BCUT2D eigenvalue weighted by molar-refractivity contribution is 7.99. The molecule has 6 nitrogen and oxygen atoms in total. The van der Waals surface area contributed by atoms with E-state index >= 15 is 0 Å². The number of rotatable bonds is 9. The molecule has 0 atom stereocenters. The van der Waals surface area contributed by atoms with Crippen LogP contribution in [0.4, 0.5) is 14.5 Å². The normalized spacial score (nSPS) is 11.1. The van der Waals surface area contributed by atoms with Crippen molar-refractivity contribution in [3.05, 3.63) is 102 Å². The Labute approximate surface area is 217 Å². The maximum atomic E-state index is 12.4. The number of benzene rings is 3. The Hall–Kier alpha value is -4.24. The van der Waals surface area contributed by atoms with Crippen LogP contribution >= 0.6 is 11.8 Å². The van der Waals surface area contributed by atoms with Crippen LogP contribution in [0.25, 0.3) is 23.0 Å². The molecule has 188 valence electrons. The predicted octanol–water partition coefficient (Wildman–Crippen LogP) is 6.36. The Morgan fingerprint density at radius 1 is 1.03 bits per heavy atom. The number of halogens is 2. The molecular weight excluding hydrogens is 496 g/mol. The van der Waals surface area contributed by atoms with Gasteiger partial charge < -0.3 is 10.1 Å². The van der Waals surface area contributed by atoms with Gasteiger partial charge in [-0.05, 0) is 49.4 Å². The molecule has 0 fully saturated rings. The van der Waals surface area contributed by atoms with E-state index in [4.69, 9.17) is 9.84 Å². The third-order valence-electron chi connectivity index (χ3n) is 5.20. The summed E-state index contributed by atoms with van der Waals surface area (Å²) in [6, 6.07) is 23.5. The van der Waals surface area contributed by atoms with Crippen molar-refractivity contribution in [3.63, 3.8) is 0 Å². The van der Waals surface area contributed by atoms with Crippen molar-refractivity contribution >= 4 is 35.4 Å². The average molecular weight is 520 g/mol. The average Bonchev–Trinajstić information content (AvgIpc) is 3.32. The van der Waals surface area contributed by atoms with E-state index in [0.29, 0.717) is 33.6 Å². The highest BCUT2D eigenvalue weighted by Gasteiger charge is 2.12. The molecule has 9 heteroatoms. The molecule has 1 N–H and O–H groups in total. The van der Waals surface area contributed by atoms with Crippen molar-refractivity contribution < 1.29 is 23.1 Å². The summed E-state index contributed by atoms with van der Waals surface area (Å²) in [4.78, 5) is 24.8. The summed E-state index contributed by atoms with van der Waals surface area (Å²) in [6.07, 6.45) is 4.66. The smallest absolute Gasteiger partial charge is 0.331 e. The molecule has 1 aromatic heterocycles. The van der Waals surface area contributed by atoms with Crippen LogP contribution in [0.1, 0.15) is 11.1 Å². The summed E-state index contributed by atoms with van der Waals surface area (Å²) in [7, 11) is 0. The van der Waals surface area contributed by atoms with Gasteiger partial charge in [0.1, 0.15) is 0 Å². The first kappa shape index (κ1) is 25.8. The summed E-state index contributed by atoms with van der Waals surface area (Å²) in [6.45, 7) is 1.51. The number of alkyl halides is 2. The lowest BCUT2D eigenvalue weighted by Crippen LogP contribution is -2.20. The largest absolute Gasteiger partial charge is 0.452 e. The van der Waals surface area contributed by atoms with E-state index in [1.165, 1.54) is 30.3 Å². The molecule has 1 amide bonds. The standard InChI is InChI=1S/C28H23F2N3O3S/c1-19-7-9-20(10-8-19)27-21(17-33(32-27)23-5-3-2-4-6-23)11-16-26(35)36-18-25(34)31-22-12-14-24(15-13-22)37-28(29)30/h2-17,28H,18H2,1H3,(H,31,34)/b16-11+. The first-order valence-corrected chi connectivity index (χ1v) is 12.2. The molecule has 1 heterocycles. The number of hydrogen-bond acceptors (Lipinski definition) is 5. The van der Waals surface area contributed by atoms with Crippen molar-refractivity contribution in [1.29, 1.82) is 0 Å². The van der Waals surface area contributed by atoms with Gasteiger partial charge in [-0.3, -0.25) is 4.79 Å². The molecule has 0 radical (unpaired) electrons. The summed E-state index contributed by atoms with van der Waals surface area (Å²) >= 11 is 0.415. The van der Waals surface area contributed by atoms with Gasteiger partial charge in [-0.2, -0.15) is 13.9 Å². The van der Waals surface area contributed by atoms with Crippen molar-refractivity contribution in [1.82, 2.24) is 9.78 Å².